The number of phenolic OH excluding ortho intramolecular Hbond substituents is 1. The van der Waals surface area contributed by atoms with Crippen molar-refractivity contribution in [3.8, 4) is 11.5 Å². The zero-order valence-electron chi connectivity index (χ0n) is 16.8. The summed E-state index contributed by atoms with van der Waals surface area (Å²) in [5, 5.41) is 12.1. The van der Waals surface area contributed by atoms with Gasteiger partial charge in [-0.1, -0.05) is 24.3 Å². The molecule has 31 heavy (non-hydrogen) atoms. The normalized spacial score (nSPS) is 11.6. The van der Waals surface area contributed by atoms with Crippen LogP contribution >= 0.6 is 0 Å². The molecule has 1 unspecified atom stereocenters. The Morgan fingerprint density at radius 2 is 1.74 bits per heavy atom. The molecular formula is C24H21F2NO4. The summed E-state index contributed by atoms with van der Waals surface area (Å²) in [7, 11) is 1.41. The number of rotatable bonds is 8. The molecule has 0 aromatic heterocycles. The molecule has 0 radical (unpaired) electrons. The largest absolute Gasteiger partial charge is 0.508 e. The molecule has 5 nitrogen and oxygen atoms in total. The number of phenols is 1. The van der Waals surface area contributed by atoms with Crippen LogP contribution in [0.4, 0.5) is 8.78 Å². The van der Waals surface area contributed by atoms with Crippen LogP contribution in [0.15, 0.2) is 66.7 Å². The van der Waals surface area contributed by atoms with Crippen molar-refractivity contribution in [2.24, 2.45) is 0 Å². The number of carbonyl (C=O) groups is 2. The zero-order valence-corrected chi connectivity index (χ0v) is 16.8. The monoisotopic (exact) mass is 425 g/mol. The number of ketones is 1. The van der Waals surface area contributed by atoms with Gasteiger partial charge in [-0.05, 0) is 54.4 Å². The van der Waals surface area contributed by atoms with Crippen molar-refractivity contribution in [1.82, 2.24) is 5.32 Å². The molecule has 0 bridgehead atoms. The van der Waals surface area contributed by atoms with Gasteiger partial charge in [0.05, 0.1) is 18.7 Å². The highest BCUT2D eigenvalue weighted by molar-refractivity contribution is 5.98. The van der Waals surface area contributed by atoms with Crippen molar-refractivity contribution in [1.29, 1.82) is 0 Å². The van der Waals surface area contributed by atoms with E-state index in [2.05, 4.69) is 5.32 Å². The molecule has 3 aromatic carbocycles. The van der Waals surface area contributed by atoms with Crippen molar-refractivity contribution < 1.29 is 28.2 Å². The smallest absolute Gasteiger partial charge is 0.254 e. The van der Waals surface area contributed by atoms with E-state index >= 15 is 0 Å². The van der Waals surface area contributed by atoms with E-state index < -0.39 is 29.4 Å². The Morgan fingerprint density at radius 1 is 1.03 bits per heavy atom. The first-order valence-corrected chi connectivity index (χ1v) is 9.56. The van der Waals surface area contributed by atoms with Crippen LogP contribution in [0.5, 0.6) is 11.5 Å². The first-order valence-electron chi connectivity index (χ1n) is 9.56. The molecule has 3 rings (SSSR count). The van der Waals surface area contributed by atoms with Gasteiger partial charge in [0.25, 0.3) is 5.91 Å². The molecule has 1 amide bonds. The molecule has 3 aromatic rings. The lowest BCUT2D eigenvalue weighted by Gasteiger charge is -2.19. The molecule has 0 aliphatic rings. The minimum absolute atomic E-state index is 0.0616. The molecule has 0 aliphatic heterocycles. The summed E-state index contributed by atoms with van der Waals surface area (Å²) in [4.78, 5) is 25.7. The fourth-order valence-electron chi connectivity index (χ4n) is 3.19. The number of carbonyl (C=O) groups excluding carboxylic acids is 2. The predicted octanol–water partition coefficient (Wildman–Crippen LogP) is 3.83. The van der Waals surface area contributed by atoms with E-state index in [1.807, 2.05) is 0 Å². The maximum Gasteiger partial charge on any atom is 0.254 e. The van der Waals surface area contributed by atoms with Crippen molar-refractivity contribution in [2.45, 2.75) is 18.9 Å². The fraction of sp³-hybridized carbons (Fsp3) is 0.167. The summed E-state index contributed by atoms with van der Waals surface area (Å²) in [6.45, 7) is 0. The molecule has 1 atom stereocenters. The van der Waals surface area contributed by atoms with Crippen LogP contribution in [-0.4, -0.2) is 29.9 Å². The Hall–Kier alpha value is -3.74. The van der Waals surface area contributed by atoms with Crippen LogP contribution in [0.2, 0.25) is 0 Å². The summed E-state index contributed by atoms with van der Waals surface area (Å²) in [5.41, 5.74) is 0.828. The lowest BCUT2D eigenvalue weighted by molar-refractivity contribution is -0.120. The average molecular weight is 425 g/mol. The van der Waals surface area contributed by atoms with Gasteiger partial charge in [-0.2, -0.15) is 0 Å². The van der Waals surface area contributed by atoms with E-state index in [-0.39, 0.29) is 24.2 Å². The van der Waals surface area contributed by atoms with Gasteiger partial charge < -0.3 is 15.2 Å². The van der Waals surface area contributed by atoms with Gasteiger partial charge in [0.1, 0.15) is 23.1 Å². The summed E-state index contributed by atoms with van der Waals surface area (Å²) >= 11 is 0. The molecule has 0 saturated heterocycles. The van der Waals surface area contributed by atoms with E-state index in [0.29, 0.717) is 16.9 Å². The van der Waals surface area contributed by atoms with Crippen molar-refractivity contribution in [2.75, 3.05) is 7.11 Å². The summed E-state index contributed by atoms with van der Waals surface area (Å²) in [6.07, 6.45) is -0.0851. The number of nitrogens with one attached hydrogen (secondary N) is 1. The number of halogens is 2. The molecule has 0 fully saturated rings. The number of amides is 1. The van der Waals surface area contributed by atoms with E-state index in [0.717, 1.165) is 6.07 Å². The Labute approximate surface area is 178 Å². The summed E-state index contributed by atoms with van der Waals surface area (Å²) in [5.74, 6) is -1.95. The average Bonchev–Trinajstić information content (AvgIpc) is 2.75. The Morgan fingerprint density at radius 3 is 2.42 bits per heavy atom. The van der Waals surface area contributed by atoms with Crippen LogP contribution in [0.1, 0.15) is 21.5 Å². The Bertz CT molecular complexity index is 1080. The molecule has 2 N–H and O–H groups in total. The lowest BCUT2D eigenvalue weighted by Crippen LogP contribution is -2.43. The van der Waals surface area contributed by atoms with Crippen molar-refractivity contribution >= 4 is 11.7 Å². The van der Waals surface area contributed by atoms with E-state index in [1.165, 1.54) is 55.6 Å². The molecule has 0 saturated carbocycles. The third-order valence-corrected chi connectivity index (χ3v) is 4.80. The minimum Gasteiger partial charge on any atom is -0.508 e. The van der Waals surface area contributed by atoms with E-state index in [9.17, 15) is 23.5 Å². The number of Topliss-reactive ketones (excluding diaryl/α,β-unsaturated/α-hetero) is 1. The quantitative estimate of drug-likeness (QED) is 0.575. The number of methoxy groups -OCH3 is 1. The maximum absolute atomic E-state index is 14.0. The third-order valence-electron chi connectivity index (χ3n) is 4.80. The molecular weight excluding hydrogens is 404 g/mol. The topological polar surface area (TPSA) is 75.6 Å². The minimum atomic E-state index is -1.01. The molecule has 0 spiro atoms. The number of hydrogen-bond acceptors (Lipinski definition) is 4. The molecule has 0 heterocycles. The van der Waals surface area contributed by atoms with Gasteiger partial charge in [0.15, 0.2) is 5.78 Å². The Balaban J connectivity index is 1.86. The first kappa shape index (κ1) is 22.0. The van der Waals surface area contributed by atoms with Crippen LogP contribution in [-0.2, 0) is 17.6 Å². The van der Waals surface area contributed by atoms with Gasteiger partial charge in [0.2, 0.25) is 0 Å². The second-order valence-corrected chi connectivity index (χ2v) is 6.98. The van der Waals surface area contributed by atoms with E-state index in [4.69, 9.17) is 4.74 Å². The second-order valence-electron chi connectivity index (χ2n) is 6.98. The second kappa shape index (κ2) is 9.84. The van der Waals surface area contributed by atoms with Crippen molar-refractivity contribution in [3.05, 3.63) is 95.1 Å². The number of benzene rings is 3. The third kappa shape index (κ3) is 5.66. The van der Waals surface area contributed by atoms with Crippen LogP contribution in [0.3, 0.4) is 0 Å². The van der Waals surface area contributed by atoms with Gasteiger partial charge in [-0.3, -0.25) is 9.59 Å². The summed E-state index contributed by atoms with van der Waals surface area (Å²) in [6, 6.07) is 14.5. The summed E-state index contributed by atoms with van der Waals surface area (Å²) < 4.78 is 32.9. The number of hydrogen-bond donors (Lipinski definition) is 2. The highest BCUT2D eigenvalue weighted by Gasteiger charge is 2.24. The van der Waals surface area contributed by atoms with Gasteiger partial charge >= 0.3 is 0 Å². The number of ether oxygens (including phenoxy) is 1. The highest BCUT2D eigenvalue weighted by atomic mass is 19.1. The van der Waals surface area contributed by atoms with Gasteiger partial charge in [-0.25, -0.2) is 8.78 Å². The van der Waals surface area contributed by atoms with E-state index in [1.54, 1.807) is 12.1 Å². The number of aromatic hydroxyl groups is 1. The molecule has 160 valence electrons. The lowest BCUT2D eigenvalue weighted by atomic mass is 9.96. The van der Waals surface area contributed by atoms with Gasteiger partial charge in [0, 0.05) is 12.0 Å². The van der Waals surface area contributed by atoms with Crippen LogP contribution in [0, 0.1) is 11.6 Å². The highest BCUT2D eigenvalue weighted by Crippen LogP contribution is 2.21. The maximum atomic E-state index is 14.0. The van der Waals surface area contributed by atoms with Crippen LogP contribution < -0.4 is 10.1 Å². The van der Waals surface area contributed by atoms with Gasteiger partial charge in [-0.15, -0.1) is 0 Å². The SMILES string of the molecule is COc1ccc(F)cc1CC(=O)C(Cc1ccc(O)cc1)NC(=O)c1ccccc1F. The Kier molecular flexibility index (Phi) is 6.97. The first-order chi connectivity index (χ1) is 14.9. The fourth-order valence-corrected chi connectivity index (χ4v) is 3.19. The zero-order chi connectivity index (χ0) is 22.4. The standard InChI is InChI=1S/C24H21F2NO4/c1-31-23-11-8-17(25)13-16(23)14-22(29)21(12-15-6-9-18(28)10-7-15)27-24(30)19-4-2-3-5-20(19)26/h2-11,13,21,28H,12,14H2,1H3,(H,27,30). The van der Waals surface area contributed by atoms with Crippen LogP contribution in [0.25, 0.3) is 0 Å². The van der Waals surface area contributed by atoms with Crippen molar-refractivity contribution in [3.63, 3.8) is 0 Å². The predicted molar refractivity (Wildman–Crippen MR) is 111 cm³/mol. The molecule has 7 heteroatoms. The molecule has 0 aliphatic carbocycles.